The number of unbranched alkanes of at least 4 members (excludes halogenated alkanes) is 1. The highest BCUT2D eigenvalue weighted by Gasteiger charge is 2.24. The summed E-state index contributed by atoms with van der Waals surface area (Å²) < 4.78 is 0. The van der Waals surface area contributed by atoms with E-state index in [1.165, 1.54) is 16.7 Å². The molecular formula is C64H69N. The Kier molecular flexibility index (Phi) is 24.4. The van der Waals surface area contributed by atoms with Crippen molar-refractivity contribution in [1.82, 2.24) is 5.32 Å². The zero-order valence-electron chi connectivity index (χ0n) is 39.4. The van der Waals surface area contributed by atoms with Crippen LogP contribution in [0.2, 0.25) is 0 Å². The second-order valence-corrected chi connectivity index (χ2v) is 14.7. The normalized spacial score (nSPS) is 16.6. The molecule has 0 saturated heterocycles. The Bertz CT molecular complexity index is 2480. The highest BCUT2D eigenvalue weighted by atomic mass is 14.9. The number of hydrogen-bond donors (Lipinski definition) is 1. The van der Waals surface area contributed by atoms with Gasteiger partial charge < -0.3 is 5.32 Å². The molecule has 0 amide bonds. The summed E-state index contributed by atoms with van der Waals surface area (Å²) in [6.07, 6.45) is 38.3. The van der Waals surface area contributed by atoms with E-state index in [4.69, 9.17) is 0 Å². The van der Waals surface area contributed by atoms with Gasteiger partial charge in [-0.2, -0.15) is 0 Å². The zero-order valence-corrected chi connectivity index (χ0v) is 39.4. The highest BCUT2D eigenvalue weighted by Crippen LogP contribution is 2.35. The van der Waals surface area contributed by atoms with E-state index >= 15 is 0 Å². The van der Waals surface area contributed by atoms with Gasteiger partial charge in [-0.15, -0.1) is 13.2 Å². The first-order valence-corrected chi connectivity index (χ1v) is 22.6. The maximum atomic E-state index is 4.61. The lowest BCUT2D eigenvalue weighted by atomic mass is 9.85. The first-order valence-electron chi connectivity index (χ1n) is 22.6. The fourth-order valence-corrected chi connectivity index (χ4v) is 6.92. The standard InChI is InChI=1S/C51H45N.C9H14.C2H6.C2H4/c1-4-23-46(49-33-20-19-32-48(49)43-28-15-9-16-29-43)38-47(51(3)36-21-5-6-22-37-52-51)35-34-45(42-26-13-8-14-27-42)39-50(44-30-17-10-18-31-44)40(2)41-24-11-7-12-25-41;1-3-5-7-9-8-6-4-2;2*1-2/h4-39,52H,2H2,1,3H3;3-7H,1,8-9H2,2H3;1-2H3;1-2H2/b6-5-,23-4+,36-21+,37-22-,45-34+,46-38+,47-35+,50-39+;6-4+,7-5-;;. The molecule has 0 spiro atoms. The molecule has 5 aromatic rings. The predicted molar refractivity (Wildman–Crippen MR) is 292 cm³/mol. The number of allylic oxidation sites excluding steroid dienone is 18. The van der Waals surface area contributed by atoms with E-state index in [2.05, 4.69) is 258 Å². The fourth-order valence-electron chi connectivity index (χ4n) is 6.92. The molecule has 1 heterocycles. The molecule has 1 nitrogen and oxygen atoms in total. The molecule has 6 rings (SSSR count). The Morgan fingerprint density at radius 3 is 1.75 bits per heavy atom. The number of benzene rings is 5. The third kappa shape index (κ3) is 17.0. The molecule has 65 heavy (non-hydrogen) atoms. The zero-order chi connectivity index (χ0) is 47.0. The van der Waals surface area contributed by atoms with Crippen molar-refractivity contribution >= 4 is 22.3 Å². The molecule has 1 heteroatoms. The number of hydrogen-bond acceptors (Lipinski definition) is 1. The second kappa shape index (κ2) is 30.5. The Balaban J connectivity index is 0.000000764. The first kappa shape index (κ1) is 51.9. The van der Waals surface area contributed by atoms with Crippen LogP contribution < -0.4 is 5.32 Å². The first-order chi connectivity index (χ1) is 32.0. The molecule has 1 aliphatic heterocycles. The molecular weight excluding hydrogens is 783 g/mol. The molecule has 5 aromatic carbocycles. The van der Waals surface area contributed by atoms with Crippen LogP contribution in [-0.2, 0) is 0 Å². The van der Waals surface area contributed by atoms with Gasteiger partial charge in [0.15, 0.2) is 0 Å². The lowest BCUT2D eigenvalue weighted by Gasteiger charge is -2.30. The summed E-state index contributed by atoms with van der Waals surface area (Å²) in [7, 11) is 0. The van der Waals surface area contributed by atoms with Gasteiger partial charge in [0.2, 0.25) is 0 Å². The number of rotatable bonds is 15. The minimum atomic E-state index is -0.520. The van der Waals surface area contributed by atoms with Crippen LogP contribution in [0.1, 0.15) is 69.7 Å². The van der Waals surface area contributed by atoms with E-state index in [9.17, 15) is 0 Å². The molecule has 0 bridgehead atoms. The summed E-state index contributed by atoms with van der Waals surface area (Å²) in [5, 5.41) is 3.70. The summed E-state index contributed by atoms with van der Waals surface area (Å²) in [6.45, 7) is 24.5. The minimum Gasteiger partial charge on any atom is -0.378 e. The van der Waals surface area contributed by atoms with E-state index in [-0.39, 0.29) is 0 Å². The molecule has 0 aromatic heterocycles. The fraction of sp³-hybridized carbons (Fsp3) is 0.125. The van der Waals surface area contributed by atoms with Gasteiger partial charge in [0.25, 0.3) is 0 Å². The summed E-state index contributed by atoms with van der Waals surface area (Å²) in [5.41, 5.74) is 11.7. The molecule has 1 N–H and O–H groups in total. The van der Waals surface area contributed by atoms with Crippen LogP contribution in [0, 0.1) is 0 Å². The van der Waals surface area contributed by atoms with Gasteiger partial charge in [0.05, 0.1) is 5.54 Å². The summed E-state index contributed by atoms with van der Waals surface area (Å²) in [4.78, 5) is 0. The SMILES string of the molecule is C=C.C=C(\C(=C/C(=C\C=C(/C=C(\C=C\C)c1ccccc1-c1ccccc1)C1(C)/C=C/C=C\C=C/N1)c1ccccc1)c1ccccc1)c1ccccc1.C=C/C=C\CC/C=C/C.CC. The third-order valence-corrected chi connectivity index (χ3v) is 10.2. The molecule has 0 radical (unpaired) electrons. The van der Waals surface area contributed by atoms with Crippen LogP contribution in [0.15, 0.2) is 281 Å². The van der Waals surface area contributed by atoms with Crippen LogP contribution in [-0.4, -0.2) is 5.54 Å². The Morgan fingerprint density at radius 2 is 1.14 bits per heavy atom. The Morgan fingerprint density at radius 1 is 0.585 bits per heavy atom. The molecule has 0 aliphatic carbocycles. The Hall–Kier alpha value is -7.48. The third-order valence-electron chi connectivity index (χ3n) is 10.2. The summed E-state index contributed by atoms with van der Waals surface area (Å²) >= 11 is 0. The van der Waals surface area contributed by atoms with Crippen molar-refractivity contribution in [3.05, 3.63) is 303 Å². The predicted octanol–water partition coefficient (Wildman–Crippen LogP) is 18.0. The van der Waals surface area contributed by atoms with E-state index < -0.39 is 5.54 Å². The van der Waals surface area contributed by atoms with Gasteiger partial charge in [-0.05, 0) is 119 Å². The van der Waals surface area contributed by atoms with Crippen molar-refractivity contribution < 1.29 is 0 Å². The molecule has 330 valence electrons. The van der Waals surface area contributed by atoms with Crippen LogP contribution in [0.3, 0.4) is 0 Å². The van der Waals surface area contributed by atoms with Crippen LogP contribution >= 0.6 is 0 Å². The molecule has 0 fully saturated rings. The largest absolute Gasteiger partial charge is 0.378 e. The lowest BCUT2D eigenvalue weighted by Crippen LogP contribution is -2.38. The van der Waals surface area contributed by atoms with Crippen molar-refractivity contribution in [2.45, 2.75) is 53.0 Å². The van der Waals surface area contributed by atoms with Gasteiger partial charge in [0, 0.05) is 0 Å². The van der Waals surface area contributed by atoms with Gasteiger partial charge in [-0.25, -0.2) is 0 Å². The van der Waals surface area contributed by atoms with E-state index in [1.807, 2.05) is 51.3 Å². The van der Waals surface area contributed by atoms with E-state index in [1.54, 1.807) is 6.08 Å². The summed E-state index contributed by atoms with van der Waals surface area (Å²) in [5.74, 6) is 0. The molecule has 0 saturated carbocycles. The maximum Gasteiger partial charge on any atom is 0.0779 e. The monoisotopic (exact) mass is 852 g/mol. The summed E-state index contributed by atoms with van der Waals surface area (Å²) in [6, 6.07) is 50.8. The average Bonchev–Trinajstić information content (AvgIpc) is 3.37. The average molecular weight is 852 g/mol. The van der Waals surface area contributed by atoms with Crippen molar-refractivity contribution in [3.63, 3.8) is 0 Å². The van der Waals surface area contributed by atoms with E-state index in [0.717, 1.165) is 57.4 Å². The van der Waals surface area contributed by atoms with Crippen molar-refractivity contribution in [3.8, 4) is 11.1 Å². The molecule has 1 aliphatic rings. The van der Waals surface area contributed by atoms with Crippen LogP contribution in [0.5, 0.6) is 0 Å². The maximum absolute atomic E-state index is 4.61. The Labute approximate surface area is 393 Å². The smallest absolute Gasteiger partial charge is 0.0779 e. The van der Waals surface area contributed by atoms with Crippen molar-refractivity contribution in [1.29, 1.82) is 0 Å². The molecule has 1 unspecified atom stereocenters. The molecule has 1 atom stereocenters. The van der Waals surface area contributed by atoms with Crippen LogP contribution in [0.4, 0.5) is 0 Å². The van der Waals surface area contributed by atoms with Gasteiger partial charge in [-0.1, -0.05) is 252 Å². The van der Waals surface area contributed by atoms with Gasteiger partial charge in [0.1, 0.15) is 0 Å². The number of nitrogens with one attached hydrogen (secondary N) is 1. The topological polar surface area (TPSA) is 12.0 Å². The quantitative estimate of drug-likeness (QED) is 0.0629. The minimum absolute atomic E-state index is 0.520. The van der Waals surface area contributed by atoms with Gasteiger partial charge >= 0.3 is 0 Å². The highest BCUT2D eigenvalue weighted by molar-refractivity contribution is 6.07. The van der Waals surface area contributed by atoms with Gasteiger partial charge in [-0.3, -0.25) is 0 Å². The lowest BCUT2D eigenvalue weighted by molar-refractivity contribution is 0.593. The second-order valence-electron chi connectivity index (χ2n) is 14.7. The van der Waals surface area contributed by atoms with Crippen LogP contribution in [0.25, 0.3) is 33.4 Å². The van der Waals surface area contributed by atoms with Crippen molar-refractivity contribution in [2.75, 3.05) is 0 Å². The van der Waals surface area contributed by atoms with E-state index in [0.29, 0.717) is 0 Å². The van der Waals surface area contributed by atoms with Crippen molar-refractivity contribution in [2.24, 2.45) is 0 Å².